The van der Waals surface area contributed by atoms with Crippen LogP contribution in [0.4, 0.5) is 4.79 Å². The normalized spacial score (nSPS) is 20.9. The molecule has 0 spiro atoms. The largest absolute Gasteiger partial charge is 0.444 e. The van der Waals surface area contributed by atoms with E-state index in [4.69, 9.17) is 4.74 Å². The van der Waals surface area contributed by atoms with Crippen LogP contribution in [0.15, 0.2) is 24.3 Å². The third-order valence-electron chi connectivity index (χ3n) is 5.96. The van der Waals surface area contributed by atoms with E-state index in [9.17, 15) is 9.59 Å². The first-order chi connectivity index (χ1) is 14.2. The van der Waals surface area contributed by atoms with E-state index in [-0.39, 0.29) is 5.91 Å². The quantitative estimate of drug-likeness (QED) is 0.791. The number of amides is 2. The zero-order valence-electron chi connectivity index (χ0n) is 18.9. The molecule has 1 aromatic rings. The van der Waals surface area contributed by atoms with Gasteiger partial charge in [0.1, 0.15) is 11.6 Å². The maximum Gasteiger partial charge on any atom is 0.410 e. The lowest BCUT2D eigenvalue weighted by molar-refractivity contribution is -0.125. The molecule has 2 amide bonds. The van der Waals surface area contributed by atoms with Crippen molar-refractivity contribution >= 4 is 12.0 Å². The van der Waals surface area contributed by atoms with Crippen LogP contribution in [0.2, 0.25) is 0 Å². The lowest BCUT2D eigenvalue weighted by Crippen LogP contribution is -2.47. The Labute approximate surface area is 180 Å². The summed E-state index contributed by atoms with van der Waals surface area (Å²) in [5.41, 5.74) is 1.82. The molecule has 6 heteroatoms. The Morgan fingerprint density at radius 2 is 1.67 bits per heavy atom. The van der Waals surface area contributed by atoms with Crippen LogP contribution in [0.1, 0.15) is 64.5 Å². The van der Waals surface area contributed by atoms with Crippen LogP contribution in [-0.4, -0.2) is 53.1 Å². The molecule has 2 saturated heterocycles. The van der Waals surface area contributed by atoms with Crippen molar-refractivity contribution in [1.82, 2.24) is 15.1 Å². The molecule has 1 N–H and O–H groups in total. The Hall–Kier alpha value is -2.08. The van der Waals surface area contributed by atoms with Crippen molar-refractivity contribution in [3.63, 3.8) is 0 Å². The number of nitrogens with one attached hydrogen (secondary N) is 1. The Bertz CT molecular complexity index is 718. The number of benzene rings is 1. The molecular formula is C24H37N3O3. The molecular weight excluding hydrogens is 378 g/mol. The third-order valence-corrected chi connectivity index (χ3v) is 5.96. The van der Waals surface area contributed by atoms with Crippen molar-refractivity contribution in [2.45, 2.75) is 78.1 Å². The van der Waals surface area contributed by atoms with E-state index < -0.39 is 17.7 Å². The lowest BCUT2D eigenvalue weighted by Gasteiger charge is -2.30. The van der Waals surface area contributed by atoms with Gasteiger partial charge in [-0.1, -0.05) is 31.2 Å². The molecule has 30 heavy (non-hydrogen) atoms. The van der Waals surface area contributed by atoms with Crippen molar-refractivity contribution in [1.29, 1.82) is 0 Å². The Morgan fingerprint density at radius 3 is 2.30 bits per heavy atom. The standard InChI is InChI=1S/C24H37N3O3/c1-18-11-14-26(15-12-18)17-20-9-7-19(8-10-20)16-25-22(28)21-6-5-13-27(21)23(29)30-24(2,3)4/h7-10,18,21H,5-6,11-17H2,1-4H3,(H,25,28). The maximum atomic E-state index is 12.7. The van der Waals surface area contributed by atoms with Crippen LogP contribution in [0.3, 0.4) is 0 Å². The highest BCUT2D eigenvalue weighted by molar-refractivity contribution is 5.86. The van der Waals surface area contributed by atoms with E-state index in [1.165, 1.54) is 31.5 Å². The molecule has 166 valence electrons. The summed E-state index contributed by atoms with van der Waals surface area (Å²) < 4.78 is 5.45. The first kappa shape index (κ1) is 22.6. The van der Waals surface area contributed by atoms with Gasteiger partial charge in [0, 0.05) is 19.6 Å². The lowest BCUT2D eigenvalue weighted by atomic mass is 9.99. The van der Waals surface area contributed by atoms with Gasteiger partial charge in [-0.15, -0.1) is 0 Å². The summed E-state index contributed by atoms with van der Waals surface area (Å²) in [5, 5.41) is 3.00. The van der Waals surface area contributed by atoms with Crippen LogP contribution >= 0.6 is 0 Å². The molecule has 1 aromatic carbocycles. The monoisotopic (exact) mass is 415 g/mol. The van der Waals surface area contributed by atoms with E-state index in [1.54, 1.807) is 4.90 Å². The van der Waals surface area contributed by atoms with E-state index in [0.29, 0.717) is 19.5 Å². The van der Waals surface area contributed by atoms with Gasteiger partial charge in [-0.25, -0.2) is 4.79 Å². The molecule has 6 nitrogen and oxygen atoms in total. The first-order valence-corrected chi connectivity index (χ1v) is 11.3. The number of hydrogen-bond donors (Lipinski definition) is 1. The van der Waals surface area contributed by atoms with Crippen LogP contribution in [0.25, 0.3) is 0 Å². The molecule has 2 fully saturated rings. The van der Waals surface area contributed by atoms with Crippen molar-refractivity contribution in [2.24, 2.45) is 5.92 Å². The highest BCUT2D eigenvalue weighted by Gasteiger charge is 2.36. The van der Waals surface area contributed by atoms with Crippen molar-refractivity contribution in [2.75, 3.05) is 19.6 Å². The van der Waals surface area contributed by atoms with Crippen molar-refractivity contribution < 1.29 is 14.3 Å². The van der Waals surface area contributed by atoms with Gasteiger partial charge >= 0.3 is 6.09 Å². The fourth-order valence-corrected chi connectivity index (χ4v) is 4.13. The summed E-state index contributed by atoms with van der Waals surface area (Å²) >= 11 is 0. The maximum absolute atomic E-state index is 12.7. The molecule has 0 aromatic heterocycles. The molecule has 0 saturated carbocycles. The molecule has 0 aliphatic carbocycles. The minimum absolute atomic E-state index is 0.107. The average Bonchev–Trinajstić information content (AvgIpc) is 3.18. The number of carbonyl (C=O) groups excluding carboxylic acids is 2. The van der Waals surface area contributed by atoms with E-state index >= 15 is 0 Å². The minimum Gasteiger partial charge on any atom is -0.444 e. The first-order valence-electron chi connectivity index (χ1n) is 11.3. The van der Waals surface area contributed by atoms with Crippen LogP contribution in [-0.2, 0) is 22.6 Å². The number of rotatable bonds is 5. The Morgan fingerprint density at radius 1 is 1.03 bits per heavy atom. The number of hydrogen-bond acceptors (Lipinski definition) is 4. The number of nitrogens with zero attached hydrogens (tertiary/aromatic N) is 2. The number of piperidine rings is 1. The summed E-state index contributed by atoms with van der Waals surface area (Å²) in [6, 6.07) is 8.04. The van der Waals surface area contributed by atoms with Crippen LogP contribution in [0.5, 0.6) is 0 Å². The second-order valence-electron chi connectivity index (χ2n) is 9.82. The number of carbonyl (C=O) groups is 2. The van der Waals surface area contributed by atoms with Gasteiger partial charge in [0.05, 0.1) is 0 Å². The van der Waals surface area contributed by atoms with E-state index in [2.05, 4.69) is 41.4 Å². The smallest absolute Gasteiger partial charge is 0.410 e. The van der Waals surface area contributed by atoms with Crippen molar-refractivity contribution in [3.8, 4) is 0 Å². The number of likely N-dealkylation sites (tertiary alicyclic amines) is 2. The fraction of sp³-hybridized carbons (Fsp3) is 0.667. The van der Waals surface area contributed by atoms with Gasteiger partial charge < -0.3 is 10.1 Å². The second kappa shape index (κ2) is 9.82. The van der Waals surface area contributed by atoms with Crippen LogP contribution < -0.4 is 5.32 Å². The molecule has 1 unspecified atom stereocenters. The Balaban J connectivity index is 1.47. The highest BCUT2D eigenvalue weighted by Crippen LogP contribution is 2.21. The molecule has 2 aliphatic rings. The van der Waals surface area contributed by atoms with Gasteiger partial charge in [0.15, 0.2) is 0 Å². The predicted molar refractivity (Wildman–Crippen MR) is 118 cm³/mol. The summed E-state index contributed by atoms with van der Waals surface area (Å²) in [5.74, 6) is 0.739. The summed E-state index contributed by atoms with van der Waals surface area (Å²) in [4.78, 5) is 29.2. The Kier molecular flexibility index (Phi) is 7.40. The fourth-order valence-electron chi connectivity index (χ4n) is 4.13. The molecule has 2 heterocycles. The predicted octanol–water partition coefficient (Wildman–Crippen LogP) is 3.93. The molecule has 3 rings (SSSR count). The molecule has 1 atom stereocenters. The van der Waals surface area contributed by atoms with Gasteiger partial charge in [-0.05, 0) is 76.6 Å². The molecule has 0 radical (unpaired) electrons. The number of ether oxygens (including phenoxy) is 1. The zero-order chi connectivity index (χ0) is 21.7. The van der Waals surface area contributed by atoms with E-state index in [1.807, 2.05) is 20.8 Å². The van der Waals surface area contributed by atoms with E-state index in [0.717, 1.165) is 24.4 Å². The zero-order valence-corrected chi connectivity index (χ0v) is 18.9. The molecule has 0 bridgehead atoms. The average molecular weight is 416 g/mol. The van der Waals surface area contributed by atoms with Crippen molar-refractivity contribution in [3.05, 3.63) is 35.4 Å². The highest BCUT2D eigenvalue weighted by atomic mass is 16.6. The van der Waals surface area contributed by atoms with Gasteiger partial charge in [0.2, 0.25) is 5.91 Å². The summed E-state index contributed by atoms with van der Waals surface area (Å²) in [6.45, 7) is 12.2. The van der Waals surface area contributed by atoms with Gasteiger partial charge in [0.25, 0.3) is 0 Å². The summed E-state index contributed by atoms with van der Waals surface area (Å²) in [7, 11) is 0. The minimum atomic E-state index is -0.561. The SMILES string of the molecule is CC1CCN(Cc2ccc(CNC(=O)C3CCCN3C(=O)OC(C)(C)C)cc2)CC1. The second-order valence-corrected chi connectivity index (χ2v) is 9.82. The molecule has 2 aliphatic heterocycles. The van der Waals surface area contributed by atoms with Gasteiger partial charge in [-0.3, -0.25) is 14.6 Å². The van der Waals surface area contributed by atoms with Crippen LogP contribution in [0, 0.1) is 5.92 Å². The third kappa shape index (κ3) is 6.46. The summed E-state index contributed by atoms with van der Waals surface area (Å²) in [6.07, 6.45) is 3.66. The van der Waals surface area contributed by atoms with Gasteiger partial charge in [-0.2, -0.15) is 0 Å². The topological polar surface area (TPSA) is 61.9 Å².